The Bertz CT molecular complexity index is 1820. The van der Waals surface area contributed by atoms with Gasteiger partial charge in [0.25, 0.3) is 10.0 Å². The Kier molecular flexibility index (Phi) is 11.8. The number of benzene rings is 4. The third-order valence-corrected chi connectivity index (χ3v) is 11.2. The van der Waals surface area contributed by atoms with Crippen LogP contribution in [0.3, 0.4) is 0 Å². The molecule has 2 amide bonds. The Hall–Kier alpha value is -3.92. The Morgan fingerprint density at radius 3 is 2.19 bits per heavy atom. The molecule has 4 aromatic rings. The predicted octanol–water partition coefficient (Wildman–Crippen LogP) is 7.73. The van der Waals surface area contributed by atoms with Gasteiger partial charge in [-0.15, -0.1) is 0 Å². The van der Waals surface area contributed by atoms with Gasteiger partial charge in [0.2, 0.25) is 11.8 Å². The van der Waals surface area contributed by atoms with Crippen LogP contribution in [0.1, 0.15) is 48.8 Å². The number of amides is 2. The second kappa shape index (κ2) is 16.0. The topological polar surface area (TPSA) is 86.8 Å². The number of nitrogens with zero attached hydrogens (tertiary/aromatic N) is 2. The van der Waals surface area contributed by atoms with Gasteiger partial charge >= 0.3 is 0 Å². The van der Waals surface area contributed by atoms with Crippen molar-refractivity contribution in [2.24, 2.45) is 0 Å². The molecule has 252 valence electrons. The minimum Gasteiger partial charge on any atom is -0.352 e. The van der Waals surface area contributed by atoms with Crippen molar-refractivity contribution in [1.82, 2.24) is 10.2 Å². The lowest BCUT2D eigenvalue weighted by Gasteiger charge is -2.35. The van der Waals surface area contributed by atoms with Gasteiger partial charge in [-0.2, -0.15) is 0 Å². The standard InChI is InChI=1S/C37H38Cl2FN3O4S/c1-26-15-21-31(22-16-26)48(46,47)43(33-14-8-13-32(38)36(33)39)25-35(44)42(24-28-17-19-29(40)20-18-28)34(23-27-9-4-2-5-10-27)37(45)41-30-11-6-3-7-12-30/h2,4-5,8-10,13-22,30,34H,3,6-7,11-12,23-25H2,1H3,(H,41,45)/t34-/m1/s1. The van der Waals surface area contributed by atoms with E-state index in [1.54, 1.807) is 30.3 Å². The summed E-state index contributed by atoms with van der Waals surface area (Å²) in [5.41, 5.74) is 2.27. The van der Waals surface area contributed by atoms with Gasteiger partial charge in [-0.25, -0.2) is 12.8 Å². The van der Waals surface area contributed by atoms with Gasteiger partial charge in [-0.1, -0.05) is 109 Å². The van der Waals surface area contributed by atoms with Crippen molar-refractivity contribution < 1.29 is 22.4 Å². The molecule has 0 heterocycles. The molecule has 11 heteroatoms. The largest absolute Gasteiger partial charge is 0.352 e. The molecule has 7 nitrogen and oxygen atoms in total. The first-order chi connectivity index (χ1) is 23.0. The molecular weight excluding hydrogens is 672 g/mol. The van der Waals surface area contributed by atoms with Crippen LogP contribution in [0.25, 0.3) is 0 Å². The van der Waals surface area contributed by atoms with E-state index < -0.39 is 34.3 Å². The highest BCUT2D eigenvalue weighted by Crippen LogP contribution is 2.36. The monoisotopic (exact) mass is 709 g/mol. The van der Waals surface area contributed by atoms with Crippen LogP contribution in [-0.2, 0) is 32.6 Å². The molecule has 5 rings (SSSR count). The van der Waals surface area contributed by atoms with Crippen LogP contribution < -0.4 is 9.62 Å². The quantitative estimate of drug-likeness (QED) is 0.163. The van der Waals surface area contributed by atoms with E-state index in [9.17, 15) is 22.4 Å². The number of hydrogen-bond acceptors (Lipinski definition) is 4. The summed E-state index contributed by atoms with van der Waals surface area (Å²) in [6.07, 6.45) is 4.95. The fraction of sp³-hybridized carbons (Fsp3) is 0.297. The highest BCUT2D eigenvalue weighted by Gasteiger charge is 2.36. The summed E-state index contributed by atoms with van der Waals surface area (Å²) in [5, 5.41) is 3.24. The molecule has 48 heavy (non-hydrogen) atoms. The molecular formula is C37H38Cl2FN3O4S. The summed E-state index contributed by atoms with van der Waals surface area (Å²) in [4.78, 5) is 30.2. The van der Waals surface area contributed by atoms with E-state index in [0.717, 1.165) is 47.5 Å². The number of carbonyl (C=O) groups excluding carboxylic acids is 2. The summed E-state index contributed by atoms with van der Waals surface area (Å²) in [6, 6.07) is 24.8. The lowest BCUT2D eigenvalue weighted by Crippen LogP contribution is -2.55. The lowest BCUT2D eigenvalue weighted by atomic mass is 9.94. The molecule has 0 aliphatic heterocycles. The molecule has 0 bridgehead atoms. The Labute approximate surface area is 291 Å². The predicted molar refractivity (Wildman–Crippen MR) is 188 cm³/mol. The zero-order valence-electron chi connectivity index (χ0n) is 26.6. The summed E-state index contributed by atoms with van der Waals surface area (Å²) < 4.78 is 43.4. The first-order valence-electron chi connectivity index (χ1n) is 15.9. The van der Waals surface area contributed by atoms with Crippen LogP contribution in [0, 0.1) is 12.7 Å². The van der Waals surface area contributed by atoms with Crippen LogP contribution in [-0.4, -0.2) is 43.8 Å². The van der Waals surface area contributed by atoms with Gasteiger partial charge in [0.1, 0.15) is 18.4 Å². The third-order valence-electron chi connectivity index (χ3n) is 8.58. The normalized spacial score (nSPS) is 14.2. The van der Waals surface area contributed by atoms with Gasteiger partial charge in [-0.05, 0) is 67.3 Å². The highest BCUT2D eigenvalue weighted by molar-refractivity contribution is 7.92. The van der Waals surface area contributed by atoms with Crippen molar-refractivity contribution in [2.75, 3.05) is 10.8 Å². The van der Waals surface area contributed by atoms with Gasteiger partial charge in [0.15, 0.2) is 0 Å². The molecule has 1 aliphatic carbocycles. The minimum atomic E-state index is -4.35. The third kappa shape index (κ3) is 8.75. The van der Waals surface area contributed by atoms with E-state index in [-0.39, 0.29) is 45.5 Å². The van der Waals surface area contributed by atoms with E-state index in [1.807, 2.05) is 37.3 Å². The Morgan fingerprint density at radius 2 is 1.52 bits per heavy atom. The fourth-order valence-corrected chi connectivity index (χ4v) is 7.79. The number of aryl methyl sites for hydroxylation is 1. The van der Waals surface area contributed by atoms with Gasteiger partial charge in [0, 0.05) is 19.0 Å². The SMILES string of the molecule is Cc1ccc(S(=O)(=O)N(CC(=O)N(Cc2ccc(F)cc2)[C@H](Cc2ccccc2)C(=O)NC2CCCCC2)c2cccc(Cl)c2Cl)cc1. The molecule has 1 aliphatic rings. The fourth-order valence-electron chi connectivity index (χ4n) is 5.92. The second-order valence-electron chi connectivity index (χ2n) is 12.1. The van der Waals surface area contributed by atoms with Crippen molar-refractivity contribution in [2.45, 2.75) is 69.0 Å². The van der Waals surface area contributed by atoms with E-state index in [4.69, 9.17) is 23.2 Å². The van der Waals surface area contributed by atoms with Crippen LogP contribution in [0.2, 0.25) is 10.0 Å². The maximum absolute atomic E-state index is 14.6. The maximum Gasteiger partial charge on any atom is 0.264 e. The Balaban J connectivity index is 1.58. The average molecular weight is 711 g/mol. The van der Waals surface area contributed by atoms with Crippen molar-refractivity contribution in [1.29, 1.82) is 0 Å². The molecule has 1 N–H and O–H groups in total. The number of sulfonamides is 1. The van der Waals surface area contributed by atoms with Crippen molar-refractivity contribution in [3.05, 3.63) is 130 Å². The van der Waals surface area contributed by atoms with E-state index >= 15 is 0 Å². The second-order valence-corrected chi connectivity index (χ2v) is 14.7. The van der Waals surface area contributed by atoms with E-state index in [2.05, 4.69) is 5.32 Å². The first-order valence-corrected chi connectivity index (χ1v) is 18.1. The maximum atomic E-state index is 14.6. The van der Waals surface area contributed by atoms with Gasteiger partial charge in [0.05, 0.1) is 20.6 Å². The van der Waals surface area contributed by atoms with E-state index in [0.29, 0.717) is 5.56 Å². The molecule has 1 saturated carbocycles. The number of anilines is 1. The molecule has 4 aromatic carbocycles. The smallest absolute Gasteiger partial charge is 0.264 e. The highest BCUT2D eigenvalue weighted by atomic mass is 35.5. The van der Waals surface area contributed by atoms with Crippen LogP contribution in [0.4, 0.5) is 10.1 Å². The van der Waals surface area contributed by atoms with Crippen LogP contribution in [0.5, 0.6) is 0 Å². The van der Waals surface area contributed by atoms with Crippen molar-refractivity contribution >= 4 is 50.7 Å². The average Bonchev–Trinajstić information content (AvgIpc) is 3.08. The zero-order valence-corrected chi connectivity index (χ0v) is 28.9. The van der Waals surface area contributed by atoms with Crippen molar-refractivity contribution in [3.63, 3.8) is 0 Å². The molecule has 0 aromatic heterocycles. The minimum absolute atomic E-state index is 0.0195. The van der Waals surface area contributed by atoms with Crippen molar-refractivity contribution in [3.8, 4) is 0 Å². The molecule has 0 spiro atoms. The summed E-state index contributed by atoms with van der Waals surface area (Å²) >= 11 is 12.9. The molecule has 0 saturated heterocycles. The first kappa shape index (κ1) is 35.4. The summed E-state index contributed by atoms with van der Waals surface area (Å²) in [6.45, 7) is 1.08. The number of halogens is 3. The number of nitrogens with one attached hydrogen (secondary N) is 1. The lowest BCUT2D eigenvalue weighted by molar-refractivity contribution is -0.140. The molecule has 0 radical (unpaired) electrons. The summed E-state index contributed by atoms with van der Waals surface area (Å²) in [5.74, 6) is -1.43. The van der Waals surface area contributed by atoms with Gasteiger partial charge in [-0.3, -0.25) is 13.9 Å². The number of rotatable bonds is 12. The van der Waals surface area contributed by atoms with E-state index in [1.165, 1.54) is 41.3 Å². The number of hydrogen-bond donors (Lipinski definition) is 1. The Morgan fingerprint density at radius 1 is 0.854 bits per heavy atom. The van der Waals surface area contributed by atoms with Crippen LogP contribution in [0.15, 0.2) is 102 Å². The van der Waals surface area contributed by atoms with Crippen LogP contribution >= 0.6 is 23.2 Å². The molecule has 1 fully saturated rings. The summed E-state index contributed by atoms with van der Waals surface area (Å²) in [7, 11) is -4.35. The molecule has 1 atom stereocenters. The molecule has 0 unspecified atom stereocenters. The number of carbonyl (C=O) groups is 2. The van der Waals surface area contributed by atoms with Gasteiger partial charge < -0.3 is 10.2 Å². The zero-order chi connectivity index (χ0) is 34.3.